The van der Waals surface area contributed by atoms with Crippen LogP contribution in [0, 0.1) is 0 Å². The summed E-state index contributed by atoms with van der Waals surface area (Å²) in [5.41, 5.74) is 0.421. The summed E-state index contributed by atoms with van der Waals surface area (Å²) in [6, 6.07) is 13.1. The molecule has 0 spiro atoms. The Hall–Kier alpha value is -2.58. The van der Waals surface area contributed by atoms with Crippen molar-refractivity contribution in [2.45, 2.75) is 16.4 Å². The van der Waals surface area contributed by atoms with Gasteiger partial charge >= 0.3 is 0 Å². The fraction of sp³-hybridized carbons (Fsp3) is 0.211. The van der Waals surface area contributed by atoms with Crippen LogP contribution in [0.2, 0.25) is 0 Å². The van der Waals surface area contributed by atoms with E-state index in [4.69, 9.17) is 9.15 Å². The Labute approximate surface area is 161 Å². The monoisotopic (exact) mass is 405 g/mol. The Balaban J connectivity index is 1.76. The number of hydrogen-bond donors (Lipinski definition) is 1. The minimum absolute atomic E-state index is 0.0974. The van der Waals surface area contributed by atoms with Crippen LogP contribution in [0.1, 0.15) is 28.3 Å². The van der Waals surface area contributed by atoms with Gasteiger partial charge in [-0.1, -0.05) is 6.07 Å². The lowest BCUT2D eigenvalue weighted by Gasteiger charge is -2.15. The number of carbonyl (C=O) groups excluding carboxylic acids is 1. The molecule has 0 saturated carbocycles. The van der Waals surface area contributed by atoms with E-state index in [2.05, 4.69) is 5.32 Å². The number of amides is 1. The third-order valence-electron chi connectivity index (χ3n) is 3.89. The van der Waals surface area contributed by atoms with Crippen LogP contribution in [-0.2, 0) is 9.84 Å². The van der Waals surface area contributed by atoms with Crippen molar-refractivity contribution in [1.82, 2.24) is 5.32 Å². The van der Waals surface area contributed by atoms with E-state index in [1.54, 1.807) is 53.9 Å². The fourth-order valence-electron chi connectivity index (χ4n) is 2.56. The van der Waals surface area contributed by atoms with Crippen molar-refractivity contribution in [1.29, 1.82) is 0 Å². The average molecular weight is 405 g/mol. The molecule has 8 heteroatoms. The van der Waals surface area contributed by atoms with Crippen molar-refractivity contribution < 1.29 is 22.4 Å². The van der Waals surface area contributed by atoms with Gasteiger partial charge in [-0.3, -0.25) is 4.79 Å². The van der Waals surface area contributed by atoms with Crippen molar-refractivity contribution in [3.63, 3.8) is 0 Å². The summed E-state index contributed by atoms with van der Waals surface area (Å²) < 4.78 is 36.8. The van der Waals surface area contributed by atoms with Crippen LogP contribution in [0.5, 0.6) is 5.75 Å². The van der Waals surface area contributed by atoms with E-state index >= 15 is 0 Å². The van der Waals surface area contributed by atoms with Crippen LogP contribution >= 0.6 is 11.3 Å². The molecule has 1 atom stereocenters. The third kappa shape index (κ3) is 4.40. The number of thiophene rings is 1. The van der Waals surface area contributed by atoms with Crippen molar-refractivity contribution in [2.24, 2.45) is 0 Å². The predicted molar refractivity (Wildman–Crippen MR) is 103 cm³/mol. The normalized spacial score (nSPS) is 12.5. The van der Waals surface area contributed by atoms with Crippen LogP contribution in [0.3, 0.4) is 0 Å². The molecule has 1 amide bonds. The molecule has 0 unspecified atom stereocenters. The summed E-state index contributed by atoms with van der Waals surface area (Å²) in [6.45, 7) is 2.32. The Morgan fingerprint density at radius 2 is 1.96 bits per heavy atom. The lowest BCUT2D eigenvalue weighted by molar-refractivity contribution is 0.0953. The van der Waals surface area contributed by atoms with Crippen LogP contribution < -0.4 is 10.1 Å². The first kappa shape index (κ1) is 19.2. The van der Waals surface area contributed by atoms with Gasteiger partial charge in [-0.25, -0.2) is 8.42 Å². The van der Waals surface area contributed by atoms with Crippen LogP contribution in [-0.4, -0.2) is 27.5 Å². The van der Waals surface area contributed by atoms with Crippen molar-refractivity contribution >= 4 is 27.1 Å². The molecule has 0 aliphatic rings. The van der Waals surface area contributed by atoms with Gasteiger partial charge in [0.1, 0.15) is 21.0 Å². The highest BCUT2D eigenvalue weighted by Gasteiger charge is 2.32. The quantitative estimate of drug-likeness (QED) is 0.618. The summed E-state index contributed by atoms with van der Waals surface area (Å²) in [5.74, 6) is 0.592. The second-order valence-corrected chi connectivity index (χ2v) is 8.95. The zero-order valence-electron chi connectivity index (χ0n) is 14.6. The number of nitrogens with one attached hydrogen (secondary N) is 1. The molecule has 3 rings (SSSR count). The van der Waals surface area contributed by atoms with E-state index in [9.17, 15) is 13.2 Å². The molecule has 27 heavy (non-hydrogen) atoms. The first-order chi connectivity index (χ1) is 13.0. The lowest BCUT2D eigenvalue weighted by atomic mass is 10.2. The predicted octanol–water partition coefficient (Wildman–Crippen LogP) is 3.68. The number of hydrogen-bond acceptors (Lipinski definition) is 6. The molecular formula is C19H19NO5S2. The number of sulfone groups is 1. The molecule has 1 aromatic carbocycles. The minimum atomic E-state index is -3.68. The molecule has 6 nitrogen and oxygen atoms in total. The van der Waals surface area contributed by atoms with Gasteiger partial charge in [0, 0.05) is 12.1 Å². The Morgan fingerprint density at radius 3 is 2.56 bits per heavy atom. The summed E-state index contributed by atoms with van der Waals surface area (Å²) in [4.78, 5) is 12.4. The molecule has 0 aliphatic heterocycles. The van der Waals surface area contributed by atoms with Crippen LogP contribution in [0.15, 0.2) is 68.8 Å². The maximum atomic E-state index is 12.9. The molecule has 2 heterocycles. The second-order valence-electron chi connectivity index (χ2n) is 5.65. The van der Waals surface area contributed by atoms with Gasteiger partial charge in [-0.05, 0) is 54.8 Å². The highest BCUT2D eigenvalue weighted by atomic mass is 32.2. The number of benzene rings is 1. The number of carbonyl (C=O) groups is 1. The zero-order valence-corrected chi connectivity index (χ0v) is 16.3. The molecule has 1 N–H and O–H groups in total. The Kier molecular flexibility index (Phi) is 5.98. The first-order valence-corrected chi connectivity index (χ1v) is 10.8. The van der Waals surface area contributed by atoms with Gasteiger partial charge in [0.15, 0.2) is 9.84 Å². The van der Waals surface area contributed by atoms with E-state index in [0.29, 0.717) is 17.9 Å². The SMILES string of the molecule is CCOc1ccc(C(=O)NC[C@H](c2ccco2)S(=O)(=O)c2cccs2)cc1. The van der Waals surface area contributed by atoms with Crippen molar-refractivity contribution in [3.05, 3.63) is 71.5 Å². The van der Waals surface area contributed by atoms with Crippen LogP contribution in [0.25, 0.3) is 0 Å². The van der Waals surface area contributed by atoms with Gasteiger partial charge in [0.2, 0.25) is 0 Å². The van der Waals surface area contributed by atoms with E-state index in [0.717, 1.165) is 11.3 Å². The van der Waals surface area contributed by atoms with Crippen molar-refractivity contribution in [2.75, 3.05) is 13.2 Å². The van der Waals surface area contributed by atoms with Crippen molar-refractivity contribution in [3.8, 4) is 5.75 Å². The fourth-order valence-corrected chi connectivity index (χ4v) is 5.35. The van der Waals surface area contributed by atoms with E-state index in [1.807, 2.05) is 6.92 Å². The average Bonchev–Trinajstić information content (AvgIpc) is 3.37. The molecule has 0 aliphatic carbocycles. The van der Waals surface area contributed by atoms with Gasteiger partial charge in [0.25, 0.3) is 5.91 Å². The molecule has 0 bridgehead atoms. The number of furan rings is 1. The van der Waals surface area contributed by atoms with Crippen LogP contribution in [0.4, 0.5) is 0 Å². The highest BCUT2D eigenvalue weighted by Crippen LogP contribution is 2.31. The number of ether oxygens (including phenoxy) is 1. The topological polar surface area (TPSA) is 85.6 Å². The second kappa shape index (κ2) is 8.41. The van der Waals surface area contributed by atoms with Gasteiger partial charge in [0.05, 0.1) is 12.9 Å². The van der Waals surface area contributed by atoms with E-state index < -0.39 is 15.1 Å². The zero-order chi connectivity index (χ0) is 19.3. The molecular weight excluding hydrogens is 386 g/mol. The molecule has 0 saturated heterocycles. The molecule has 2 aromatic heterocycles. The third-order valence-corrected chi connectivity index (χ3v) is 7.38. The summed E-state index contributed by atoms with van der Waals surface area (Å²) >= 11 is 1.14. The van der Waals surface area contributed by atoms with E-state index in [-0.39, 0.29) is 22.4 Å². The lowest BCUT2D eigenvalue weighted by Crippen LogP contribution is -2.31. The maximum absolute atomic E-state index is 12.9. The van der Waals surface area contributed by atoms with Gasteiger partial charge < -0.3 is 14.5 Å². The highest BCUT2D eigenvalue weighted by molar-refractivity contribution is 7.93. The smallest absolute Gasteiger partial charge is 0.251 e. The summed E-state index contributed by atoms with van der Waals surface area (Å²) in [7, 11) is -3.68. The van der Waals surface area contributed by atoms with E-state index in [1.165, 1.54) is 6.26 Å². The van der Waals surface area contributed by atoms with Gasteiger partial charge in [-0.2, -0.15) is 0 Å². The largest absolute Gasteiger partial charge is 0.494 e. The Morgan fingerprint density at radius 1 is 1.19 bits per heavy atom. The summed E-state index contributed by atoms with van der Waals surface area (Å²) in [6.07, 6.45) is 1.42. The first-order valence-electron chi connectivity index (χ1n) is 8.34. The molecule has 0 radical (unpaired) electrons. The standard InChI is InChI=1S/C19H19NO5S2/c1-2-24-15-9-7-14(8-10-15)19(21)20-13-17(16-5-3-11-25-16)27(22,23)18-6-4-12-26-18/h3-12,17H,2,13H2,1H3,(H,20,21)/t17-/m1/s1. The minimum Gasteiger partial charge on any atom is -0.494 e. The molecule has 3 aromatic rings. The molecule has 0 fully saturated rings. The summed E-state index contributed by atoms with van der Waals surface area (Å²) in [5, 5.41) is 3.39. The molecule has 142 valence electrons. The maximum Gasteiger partial charge on any atom is 0.251 e. The number of rotatable bonds is 8. The van der Waals surface area contributed by atoms with Gasteiger partial charge in [-0.15, -0.1) is 11.3 Å². The Bertz CT molecular complexity index is 962.